The van der Waals surface area contributed by atoms with Crippen molar-refractivity contribution >= 4 is 58.0 Å². The first-order valence-corrected chi connectivity index (χ1v) is 12.9. The maximum atomic E-state index is 13.2. The number of benzene rings is 3. The fraction of sp³-hybridized carbons (Fsp3) is 0.103. The van der Waals surface area contributed by atoms with Gasteiger partial charge in [0.2, 0.25) is 0 Å². The van der Waals surface area contributed by atoms with Crippen molar-refractivity contribution in [3.63, 3.8) is 0 Å². The largest absolute Gasteiger partial charge is 0.350 e. The van der Waals surface area contributed by atoms with Gasteiger partial charge in [0.1, 0.15) is 16.4 Å². The standard InChI is InChI=1S/C29H23Cl2N5O4/c1-16-21(30)13-8-14-22(16)35-27(38)23(31)25(28(35)39)32-19-10-7-9-18(15-19)26(37)33-24-17(2)34(3)36(29(24)40)20-11-5-4-6-12-20/h4-15,32H,1-3H3,(H,33,37). The second-order valence-corrected chi connectivity index (χ2v) is 9.90. The number of para-hydroxylation sites is 1. The van der Waals surface area contributed by atoms with Gasteiger partial charge in [-0.2, -0.15) is 0 Å². The topological polar surface area (TPSA) is 105 Å². The number of aromatic nitrogens is 2. The quantitative estimate of drug-likeness (QED) is 0.310. The van der Waals surface area contributed by atoms with Gasteiger partial charge in [0.15, 0.2) is 0 Å². The fourth-order valence-electron chi connectivity index (χ4n) is 4.45. The number of carbonyl (C=O) groups excluding carboxylic acids is 3. The molecule has 0 aliphatic carbocycles. The molecular formula is C29H23Cl2N5O4. The predicted molar refractivity (Wildman–Crippen MR) is 155 cm³/mol. The van der Waals surface area contributed by atoms with Gasteiger partial charge < -0.3 is 10.6 Å². The van der Waals surface area contributed by atoms with E-state index in [9.17, 15) is 19.2 Å². The third-order valence-corrected chi connectivity index (χ3v) is 7.45. The molecule has 1 aromatic heterocycles. The van der Waals surface area contributed by atoms with Gasteiger partial charge in [-0.05, 0) is 61.9 Å². The lowest BCUT2D eigenvalue weighted by atomic mass is 10.1. The maximum Gasteiger partial charge on any atom is 0.295 e. The number of nitrogens with one attached hydrogen (secondary N) is 2. The molecule has 2 N–H and O–H groups in total. The summed E-state index contributed by atoms with van der Waals surface area (Å²) in [7, 11) is 1.73. The average Bonchev–Trinajstić information content (AvgIpc) is 3.29. The molecule has 0 saturated carbocycles. The molecule has 4 aromatic rings. The molecule has 1 aliphatic rings. The minimum absolute atomic E-state index is 0.131. The number of carbonyl (C=O) groups is 3. The summed E-state index contributed by atoms with van der Waals surface area (Å²) in [6.07, 6.45) is 0. The lowest BCUT2D eigenvalue weighted by Crippen LogP contribution is -2.32. The monoisotopic (exact) mass is 575 g/mol. The Hall–Kier alpha value is -4.60. The van der Waals surface area contributed by atoms with Crippen molar-refractivity contribution < 1.29 is 14.4 Å². The van der Waals surface area contributed by atoms with E-state index < -0.39 is 17.7 Å². The van der Waals surface area contributed by atoms with Crippen LogP contribution in [0.4, 0.5) is 17.1 Å². The second-order valence-electron chi connectivity index (χ2n) is 9.12. The summed E-state index contributed by atoms with van der Waals surface area (Å²) in [4.78, 5) is 53.4. The number of amides is 3. The van der Waals surface area contributed by atoms with Crippen LogP contribution in [0.1, 0.15) is 21.6 Å². The highest BCUT2D eigenvalue weighted by Crippen LogP contribution is 2.34. The smallest absolute Gasteiger partial charge is 0.295 e. The Morgan fingerprint density at radius 1 is 0.850 bits per heavy atom. The third kappa shape index (κ3) is 4.59. The number of anilines is 3. The van der Waals surface area contributed by atoms with Crippen LogP contribution >= 0.6 is 23.2 Å². The van der Waals surface area contributed by atoms with Crippen LogP contribution < -0.4 is 21.1 Å². The van der Waals surface area contributed by atoms with Gasteiger partial charge in [-0.15, -0.1) is 0 Å². The van der Waals surface area contributed by atoms with Gasteiger partial charge in [0.05, 0.1) is 17.1 Å². The average molecular weight is 576 g/mol. The van der Waals surface area contributed by atoms with Crippen LogP contribution in [0, 0.1) is 13.8 Å². The molecule has 0 spiro atoms. The SMILES string of the molecule is Cc1c(Cl)cccc1N1C(=O)C(Cl)=C(Nc2cccc(C(=O)Nc3c(C)n(C)n(-c4ccccc4)c3=O)c2)C1=O. The molecule has 0 bridgehead atoms. The molecule has 0 unspecified atom stereocenters. The van der Waals surface area contributed by atoms with Crippen LogP contribution in [0.3, 0.4) is 0 Å². The Kier molecular flexibility index (Phi) is 7.10. The summed E-state index contributed by atoms with van der Waals surface area (Å²) in [5, 5.41) is 5.69. The van der Waals surface area contributed by atoms with E-state index in [-0.39, 0.29) is 27.5 Å². The molecule has 1 aliphatic heterocycles. The molecule has 11 heteroatoms. The van der Waals surface area contributed by atoms with Gasteiger partial charge in [0.25, 0.3) is 23.3 Å². The first-order valence-electron chi connectivity index (χ1n) is 12.2. The van der Waals surface area contributed by atoms with Crippen LogP contribution in [-0.4, -0.2) is 27.1 Å². The summed E-state index contributed by atoms with van der Waals surface area (Å²) in [6.45, 7) is 3.43. The number of hydrogen-bond donors (Lipinski definition) is 2. The van der Waals surface area contributed by atoms with Crippen LogP contribution in [0.2, 0.25) is 5.02 Å². The lowest BCUT2D eigenvalue weighted by molar-refractivity contribution is -0.120. The van der Waals surface area contributed by atoms with E-state index in [1.54, 1.807) is 74.1 Å². The van der Waals surface area contributed by atoms with Crippen LogP contribution in [-0.2, 0) is 16.6 Å². The molecule has 0 radical (unpaired) electrons. The normalized spacial score (nSPS) is 13.3. The fourth-order valence-corrected chi connectivity index (χ4v) is 4.83. The van der Waals surface area contributed by atoms with Crippen molar-refractivity contribution in [3.8, 4) is 5.69 Å². The van der Waals surface area contributed by atoms with Crippen LogP contribution in [0.15, 0.2) is 88.3 Å². The van der Waals surface area contributed by atoms with Gasteiger partial charge in [-0.25, -0.2) is 9.58 Å². The van der Waals surface area contributed by atoms with E-state index in [0.29, 0.717) is 33.3 Å². The molecule has 0 atom stereocenters. The molecule has 40 heavy (non-hydrogen) atoms. The molecule has 0 saturated heterocycles. The summed E-state index contributed by atoms with van der Waals surface area (Å²) >= 11 is 12.5. The van der Waals surface area contributed by atoms with Crippen molar-refractivity contribution in [2.24, 2.45) is 7.05 Å². The van der Waals surface area contributed by atoms with Crippen LogP contribution in [0.25, 0.3) is 5.69 Å². The minimum atomic E-state index is -0.692. The van der Waals surface area contributed by atoms with Gasteiger partial charge >= 0.3 is 0 Å². The Morgan fingerprint density at radius 2 is 1.55 bits per heavy atom. The van der Waals surface area contributed by atoms with Gasteiger partial charge in [-0.3, -0.25) is 23.9 Å². The molecule has 202 valence electrons. The number of nitrogens with zero attached hydrogens (tertiary/aromatic N) is 3. The van der Waals surface area contributed by atoms with Crippen molar-refractivity contribution in [2.45, 2.75) is 13.8 Å². The van der Waals surface area contributed by atoms with Crippen molar-refractivity contribution in [1.29, 1.82) is 0 Å². The highest BCUT2D eigenvalue weighted by Gasteiger charge is 2.39. The van der Waals surface area contributed by atoms with E-state index >= 15 is 0 Å². The third-order valence-electron chi connectivity index (χ3n) is 6.69. The molecule has 0 fully saturated rings. The van der Waals surface area contributed by atoms with Gasteiger partial charge in [0, 0.05) is 23.3 Å². The zero-order valence-corrected chi connectivity index (χ0v) is 23.2. The summed E-state index contributed by atoms with van der Waals surface area (Å²) in [6, 6.07) is 20.3. The van der Waals surface area contributed by atoms with Crippen molar-refractivity contribution in [1.82, 2.24) is 9.36 Å². The highest BCUT2D eigenvalue weighted by molar-refractivity contribution is 6.53. The highest BCUT2D eigenvalue weighted by atomic mass is 35.5. The number of imide groups is 1. The first kappa shape index (κ1) is 27.0. The number of rotatable bonds is 6. The molecule has 2 heterocycles. The Balaban J connectivity index is 1.39. The Labute approximate surface area is 239 Å². The molecule has 5 rings (SSSR count). The molecule has 3 amide bonds. The summed E-state index contributed by atoms with van der Waals surface area (Å²) in [5.41, 5.74) is 2.30. The predicted octanol–water partition coefficient (Wildman–Crippen LogP) is 5.13. The van der Waals surface area contributed by atoms with Crippen molar-refractivity contribution in [3.05, 3.63) is 116 Å². The Bertz CT molecular complexity index is 1790. The van der Waals surface area contributed by atoms with E-state index in [4.69, 9.17) is 23.2 Å². The number of hydrogen-bond acceptors (Lipinski definition) is 5. The Morgan fingerprint density at radius 3 is 2.27 bits per heavy atom. The first-order chi connectivity index (χ1) is 19.1. The summed E-state index contributed by atoms with van der Waals surface area (Å²) in [5.74, 6) is -1.88. The van der Waals surface area contributed by atoms with E-state index in [1.807, 2.05) is 18.2 Å². The number of halogens is 2. The second kappa shape index (κ2) is 10.5. The summed E-state index contributed by atoms with van der Waals surface area (Å²) < 4.78 is 3.13. The van der Waals surface area contributed by atoms with Crippen molar-refractivity contribution in [2.75, 3.05) is 15.5 Å². The van der Waals surface area contributed by atoms with Gasteiger partial charge in [-0.1, -0.05) is 53.5 Å². The minimum Gasteiger partial charge on any atom is -0.350 e. The molecular weight excluding hydrogens is 553 g/mol. The van der Waals surface area contributed by atoms with E-state index in [2.05, 4.69) is 10.6 Å². The van der Waals surface area contributed by atoms with Crippen LogP contribution in [0.5, 0.6) is 0 Å². The molecule has 9 nitrogen and oxygen atoms in total. The maximum absolute atomic E-state index is 13.2. The zero-order valence-electron chi connectivity index (χ0n) is 21.7. The lowest BCUT2D eigenvalue weighted by Gasteiger charge is -2.18. The van der Waals surface area contributed by atoms with E-state index in [0.717, 1.165) is 4.90 Å². The van der Waals surface area contributed by atoms with E-state index in [1.165, 1.54) is 10.7 Å². The molecule has 3 aromatic carbocycles. The zero-order chi connectivity index (χ0) is 28.7.